The van der Waals surface area contributed by atoms with E-state index in [1.165, 1.54) is 0 Å². The van der Waals surface area contributed by atoms with Crippen molar-refractivity contribution in [2.24, 2.45) is 5.73 Å². The standard InChI is InChI=1S/C8H12N4O2/c9-4-3-8(1-2-8)6-5-10-11-7(6)12(13)14/h5H,1-4,9H2,(H,10,11). The summed E-state index contributed by atoms with van der Waals surface area (Å²) in [4.78, 5) is 10.2. The van der Waals surface area contributed by atoms with Crippen molar-refractivity contribution < 1.29 is 4.92 Å². The van der Waals surface area contributed by atoms with Crippen LogP contribution in [0.15, 0.2) is 6.20 Å². The van der Waals surface area contributed by atoms with Crippen molar-refractivity contribution in [2.45, 2.75) is 24.7 Å². The molecule has 0 saturated heterocycles. The number of aromatic nitrogens is 2. The quantitative estimate of drug-likeness (QED) is 0.547. The van der Waals surface area contributed by atoms with E-state index in [0.717, 1.165) is 19.3 Å². The topological polar surface area (TPSA) is 97.8 Å². The van der Waals surface area contributed by atoms with E-state index in [1.807, 2.05) is 0 Å². The van der Waals surface area contributed by atoms with E-state index in [9.17, 15) is 10.1 Å². The number of aromatic amines is 1. The number of nitrogens with two attached hydrogens (primary N) is 1. The van der Waals surface area contributed by atoms with Crippen molar-refractivity contribution in [3.05, 3.63) is 21.9 Å². The molecule has 0 aliphatic heterocycles. The highest BCUT2D eigenvalue weighted by molar-refractivity contribution is 5.41. The van der Waals surface area contributed by atoms with Crippen molar-refractivity contribution in [3.63, 3.8) is 0 Å². The summed E-state index contributed by atoms with van der Waals surface area (Å²) in [5.74, 6) is 0.0240. The SMILES string of the molecule is NCCC1(c2cn[nH]c2[N+](=O)[O-])CC1. The third-order valence-electron chi connectivity index (χ3n) is 2.85. The van der Waals surface area contributed by atoms with E-state index in [4.69, 9.17) is 5.73 Å². The van der Waals surface area contributed by atoms with E-state index in [2.05, 4.69) is 10.2 Å². The number of rotatable bonds is 4. The van der Waals surface area contributed by atoms with Gasteiger partial charge in [0.15, 0.2) is 0 Å². The van der Waals surface area contributed by atoms with Gasteiger partial charge in [-0.1, -0.05) is 5.10 Å². The van der Waals surface area contributed by atoms with Crippen LogP contribution in [0, 0.1) is 10.1 Å². The van der Waals surface area contributed by atoms with Crippen LogP contribution in [-0.4, -0.2) is 21.7 Å². The van der Waals surface area contributed by atoms with Crippen molar-refractivity contribution >= 4 is 5.82 Å². The first kappa shape index (κ1) is 9.14. The maximum Gasteiger partial charge on any atom is 0.346 e. The summed E-state index contributed by atoms with van der Waals surface area (Å²) in [5.41, 5.74) is 6.14. The van der Waals surface area contributed by atoms with Crippen molar-refractivity contribution in [2.75, 3.05) is 6.54 Å². The van der Waals surface area contributed by atoms with Crippen LogP contribution in [0.1, 0.15) is 24.8 Å². The molecule has 0 amide bonds. The third-order valence-corrected chi connectivity index (χ3v) is 2.85. The molecule has 76 valence electrons. The van der Waals surface area contributed by atoms with Crippen molar-refractivity contribution in [1.29, 1.82) is 0 Å². The molecule has 0 spiro atoms. The van der Waals surface area contributed by atoms with Gasteiger partial charge in [-0.25, -0.2) is 0 Å². The number of hydrogen-bond acceptors (Lipinski definition) is 4. The van der Waals surface area contributed by atoms with Crippen LogP contribution in [-0.2, 0) is 5.41 Å². The molecule has 1 aliphatic carbocycles. The summed E-state index contributed by atoms with van der Waals surface area (Å²) in [7, 11) is 0. The average molecular weight is 196 g/mol. The Morgan fingerprint density at radius 2 is 2.43 bits per heavy atom. The lowest BCUT2D eigenvalue weighted by Gasteiger charge is -2.10. The maximum atomic E-state index is 10.7. The lowest BCUT2D eigenvalue weighted by atomic mass is 9.95. The molecule has 0 aromatic carbocycles. The second kappa shape index (κ2) is 3.06. The van der Waals surface area contributed by atoms with Gasteiger partial charge in [0.2, 0.25) is 0 Å². The van der Waals surface area contributed by atoms with Crippen LogP contribution in [0.3, 0.4) is 0 Å². The van der Waals surface area contributed by atoms with Gasteiger partial charge in [-0.05, 0) is 30.7 Å². The summed E-state index contributed by atoms with van der Waals surface area (Å²) in [5, 5.41) is 16.8. The molecule has 6 nitrogen and oxygen atoms in total. The van der Waals surface area contributed by atoms with Crippen LogP contribution in [0.25, 0.3) is 0 Å². The van der Waals surface area contributed by atoms with Crippen LogP contribution >= 0.6 is 0 Å². The zero-order valence-corrected chi connectivity index (χ0v) is 7.69. The molecule has 1 aliphatic rings. The summed E-state index contributed by atoms with van der Waals surface area (Å²) in [6.45, 7) is 0.558. The first-order valence-electron chi connectivity index (χ1n) is 4.58. The molecule has 1 fully saturated rings. The Morgan fingerprint density at radius 1 is 1.71 bits per heavy atom. The molecule has 1 aromatic heterocycles. The fraction of sp³-hybridized carbons (Fsp3) is 0.625. The van der Waals surface area contributed by atoms with E-state index >= 15 is 0 Å². The first-order chi connectivity index (χ1) is 6.69. The molecule has 14 heavy (non-hydrogen) atoms. The first-order valence-corrected chi connectivity index (χ1v) is 4.58. The molecule has 2 rings (SSSR count). The molecule has 6 heteroatoms. The largest absolute Gasteiger partial charge is 0.358 e. The Hall–Kier alpha value is -1.43. The van der Waals surface area contributed by atoms with Gasteiger partial charge in [-0.2, -0.15) is 0 Å². The Morgan fingerprint density at radius 3 is 2.93 bits per heavy atom. The molecule has 1 saturated carbocycles. The minimum Gasteiger partial charge on any atom is -0.358 e. The van der Waals surface area contributed by atoms with Gasteiger partial charge in [0, 0.05) is 5.41 Å². The van der Waals surface area contributed by atoms with Gasteiger partial charge in [0.25, 0.3) is 0 Å². The van der Waals surface area contributed by atoms with E-state index < -0.39 is 4.92 Å². The molecule has 0 radical (unpaired) electrons. The van der Waals surface area contributed by atoms with E-state index in [0.29, 0.717) is 12.1 Å². The van der Waals surface area contributed by atoms with Crippen LogP contribution in [0.5, 0.6) is 0 Å². The van der Waals surface area contributed by atoms with Gasteiger partial charge >= 0.3 is 5.82 Å². The summed E-state index contributed by atoms with van der Waals surface area (Å²) >= 11 is 0. The molecule has 1 heterocycles. The zero-order chi connectivity index (χ0) is 10.2. The number of hydrogen-bond donors (Lipinski definition) is 2. The lowest BCUT2D eigenvalue weighted by Crippen LogP contribution is -2.14. The van der Waals surface area contributed by atoms with Gasteiger partial charge in [-0.15, -0.1) is 5.10 Å². The molecule has 0 atom stereocenters. The minimum atomic E-state index is -0.418. The molecular weight excluding hydrogens is 184 g/mol. The Bertz CT molecular complexity index is 356. The maximum absolute atomic E-state index is 10.7. The second-order valence-corrected chi connectivity index (χ2v) is 3.71. The summed E-state index contributed by atoms with van der Waals surface area (Å²) < 4.78 is 0. The monoisotopic (exact) mass is 196 g/mol. The number of nitro groups is 1. The van der Waals surface area contributed by atoms with Gasteiger partial charge in [0.1, 0.15) is 0 Å². The smallest absolute Gasteiger partial charge is 0.346 e. The molecular formula is C8H12N4O2. The predicted molar refractivity (Wildman–Crippen MR) is 49.8 cm³/mol. The highest BCUT2D eigenvalue weighted by Gasteiger charge is 2.48. The third kappa shape index (κ3) is 1.27. The molecule has 0 bridgehead atoms. The highest BCUT2D eigenvalue weighted by atomic mass is 16.6. The minimum absolute atomic E-state index is 0.0240. The van der Waals surface area contributed by atoms with Crippen LogP contribution < -0.4 is 5.73 Å². The van der Waals surface area contributed by atoms with Gasteiger partial charge in [0.05, 0.1) is 11.8 Å². The highest BCUT2D eigenvalue weighted by Crippen LogP contribution is 2.52. The summed E-state index contributed by atoms with van der Waals surface area (Å²) in [6.07, 6.45) is 4.31. The predicted octanol–water partition coefficient (Wildman–Crippen LogP) is 0.698. The van der Waals surface area contributed by atoms with Gasteiger partial charge in [-0.3, -0.25) is 0 Å². The van der Waals surface area contributed by atoms with Crippen LogP contribution in [0.2, 0.25) is 0 Å². The van der Waals surface area contributed by atoms with Crippen molar-refractivity contribution in [1.82, 2.24) is 10.2 Å². The number of nitrogens with one attached hydrogen (secondary N) is 1. The lowest BCUT2D eigenvalue weighted by molar-refractivity contribution is -0.390. The average Bonchev–Trinajstić information content (AvgIpc) is 2.76. The molecule has 3 N–H and O–H groups in total. The fourth-order valence-electron chi connectivity index (χ4n) is 1.89. The number of nitrogens with zero attached hydrogens (tertiary/aromatic N) is 2. The van der Waals surface area contributed by atoms with E-state index in [-0.39, 0.29) is 11.2 Å². The Balaban J connectivity index is 2.32. The Kier molecular flexibility index (Phi) is 1.99. The zero-order valence-electron chi connectivity index (χ0n) is 7.69. The number of H-pyrrole nitrogens is 1. The van der Waals surface area contributed by atoms with Crippen molar-refractivity contribution in [3.8, 4) is 0 Å². The van der Waals surface area contributed by atoms with Gasteiger partial charge < -0.3 is 15.8 Å². The normalized spacial score (nSPS) is 18.1. The fourth-order valence-corrected chi connectivity index (χ4v) is 1.89. The summed E-state index contributed by atoms with van der Waals surface area (Å²) in [6, 6.07) is 0. The van der Waals surface area contributed by atoms with Crippen LogP contribution in [0.4, 0.5) is 5.82 Å². The van der Waals surface area contributed by atoms with E-state index in [1.54, 1.807) is 6.20 Å². The second-order valence-electron chi connectivity index (χ2n) is 3.71. The Labute approximate surface area is 80.6 Å². The molecule has 1 aromatic rings. The molecule has 0 unspecified atom stereocenters.